The van der Waals surface area contributed by atoms with Gasteiger partial charge in [-0.15, -0.1) is 0 Å². The Labute approximate surface area is 157 Å². The SMILES string of the molecule is C[C@@H](NC(=O)COc1ccc(C(F)(F)F)cc1[N+](=O)[O-])c1ccc(Cl)cc1. The zero-order valence-corrected chi connectivity index (χ0v) is 14.7. The molecule has 0 aliphatic carbocycles. The van der Waals surface area contributed by atoms with Gasteiger partial charge in [-0.25, -0.2) is 0 Å². The number of rotatable bonds is 6. The van der Waals surface area contributed by atoms with E-state index >= 15 is 0 Å². The summed E-state index contributed by atoms with van der Waals surface area (Å²) < 4.78 is 43.1. The normalized spacial score (nSPS) is 12.3. The maximum Gasteiger partial charge on any atom is 0.416 e. The number of amides is 1. The molecule has 0 bridgehead atoms. The number of alkyl halides is 3. The molecular weight excluding hydrogens is 389 g/mol. The van der Waals surface area contributed by atoms with Gasteiger partial charge in [-0.2, -0.15) is 13.2 Å². The van der Waals surface area contributed by atoms with Crippen LogP contribution in [-0.4, -0.2) is 17.4 Å². The summed E-state index contributed by atoms with van der Waals surface area (Å²) in [6, 6.07) is 8.19. The van der Waals surface area contributed by atoms with E-state index in [2.05, 4.69) is 5.32 Å². The van der Waals surface area contributed by atoms with Crippen LogP contribution in [0.1, 0.15) is 24.1 Å². The van der Waals surface area contributed by atoms with Crippen molar-refractivity contribution >= 4 is 23.2 Å². The van der Waals surface area contributed by atoms with Crippen LogP contribution in [0.2, 0.25) is 5.02 Å². The smallest absolute Gasteiger partial charge is 0.416 e. The molecule has 1 amide bonds. The highest BCUT2D eigenvalue weighted by Gasteiger charge is 2.33. The number of nitro groups is 1. The molecule has 144 valence electrons. The molecule has 1 N–H and O–H groups in total. The standard InChI is InChI=1S/C17H14ClF3N2O4/c1-10(11-2-5-13(18)6-3-11)22-16(24)9-27-15-7-4-12(17(19,20)21)8-14(15)23(25)26/h2-8,10H,9H2,1H3,(H,22,24)/t10-/m1/s1. The summed E-state index contributed by atoms with van der Waals surface area (Å²) in [6.45, 7) is 1.12. The van der Waals surface area contributed by atoms with Gasteiger partial charge in [0.05, 0.1) is 16.5 Å². The van der Waals surface area contributed by atoms with Gasteiger partial charge in [-0.1, -0.05) is 23.7 Å². The summed E-state index contributed by atoms with van der Waals surface area (Å²) in [5, 5.41) is 14.1. The molecule has 0 aliphatic heterocycles. The molecule has 0 unspecified atom stereocenters. The highest BCUT2D eigenvalue weighted by atomic mass is 35.5. The van der Waals surface area contributed by atoms with Crippen LogP contribution in [0.3, 0.4) is 0 Å². The molecule has 0 saturated heterocycles. The van der Waals surface area contributed by atoms with Gasteiger partial charge in [-0.3, -0.25) is 14.9 Å². The molecule has 1 atom stereocenters. The van der Waals surface area contributed by atoms with E-state index in [0.29, 0.717) is 17.2 Å². The van der Waals surface area contributed by atoms with Crippen molar-refractivity contribution in [2.24, 2.45) is 0 Å². The van der Waals surface area contributed by atoms with Crippen LogP contribution in [0.25, 0.3) is 0 Å². The molecule has 0 fully saturated rings. The Bertz CT molecular complexity index is 841. The van der Waals surface area contributed by atoms with E-state index in [1.165, 1.54) is 0 Å². The van der Waals surface area contributed by atoms with E-state index in [1.54, 1.807) is 31.2 Å². The summed E-state index contributed by atoms with van der Waals surface area (Å²) in [5.74, 6) is -1.02. The van der Waals surface area contributed by atoms with Crippen LogP contribution in [0.5, 0.6) is 5.75 Å². The lowest BCUT2D eigenvalue weighted by Crippen LogP contribution is -2.31. The quantitative estimate of drug-likeness (QED) is 0.568. The third-order valence-electron chi connectivity index (χ3n) is 3.59. The second kappa shape index (κ2) is 8.26. The maximum atomic E-state index is 12.7. The van der Waals surface area contributed by atoms with E-state index in [4.69, 9.17) is 16.3 Å². The number of benzene rings is 2. The van der Waals surface area contributed by atoms with E-state index in [-0.39, 0.29) is 6.04 Å². The fraction of sp³-hybridized carbons (Fsp3) is 0.235. The van der Waals surface area contributed by atoms with E-state index in [0.717, 1.165) is 11.6 Å². The minimum atomic E-state index is -4.73. The minimum absolute atomic E-state index is 0.365. The van der Waals surface area contributed by atoms with Crippen molar-refractivity contribution in [3.8, 4) is 5.75 Å². The third-order valence-corrected chi connectivity index (χ3v) is 3.84. The lowest BCUT2D eigenvalue weighted by Gasteiger charge is -2.15. The second-order valence-electron chi connectivity index (χ2n) is 5.57. The Balaban J connectivity index is 2.03. The summed E-state index contributed by atoms with van der Waals surface area (Å²) in [6.07, 6.45) is -4.73. The Morgan fingerprint density at radius 2 is 1.89 bits per heavy atom. The van der Waals surface area contributed by atoms with Crippen LogP contribution in [0.15, 0.2) is 42.5 Å². The highest BCUT2D eigenvalue weighted by Crippen LogP contribution is 2.36. The van der Waals surface area contributed by atoms with Gasteiger partial charge in [0.2, 0.25) is 0 Å². The molecule has 6 nitrogen and oxygen atoms in total. The summed E-state index contributed by atoms with van der Waals surface area (Å²) >= 11 is 5.79. The molecule has 0 heterocycles. The molecule has 2 aromatic rings. The molecule has 10 heteroatoms. The zero-order chi connectivity index (χ0) is 20.2. The molecule has 0 saturated carbocycles. The molecular formula is C17H14ClF3N2O4. The van der Waals surface area contributed by atoms with Gasteiger partial charge >= 0.3 is 11.9 Å². The van der Waals surface area contributed by atoms with Crippen molar-refractivity contribution in [2.75, 3.05) is 6.61 Å². The number of carbonyl (C=O) groups is 1. The number of halogens is 4. The Kier molecular flexibility index (Phi) is 6.27. The van der Waals surface area contributed by atoms with E-state index < -0.39 is 40.6 Å². The Morgan fingerprint density at radius 3 is 2.44 bits per heavy atom. The molecule has 27 heavy (non-hydrogen) atoms. The van der Waals surface area contributed by atoms with Crippen molar-refractivity contribution in [2.45, 2.75) is 19.1 Å². The summed E-state index contributed by atoms with van der Waals surface area (Å²) in [7, 11) is 0. The van der Waals surface area contributed by atoms with Gasteiger partial charge in [-0.05, 0) is 36.8 Å². The number of nitrogens with zero attached hydrogens (tertiary/aromatic N) is 1. The molecule has 0 aliphatic rings. The van der Waals surface area contributed by atoms with Crippen LogP contribution >= 0.6 is 11.6 Å². The Hall–Kier alpha value is -2.81. The van der Waals surface area contributed by atoms with Crippen LogP contribution in [0, 0.1) is 10.1 Å². The van der Waals surface area contributed by atoms with Crippen LogP contribution in [-0.2, 0) is 11.0 Å². The lowest BCUT2D eigenvalue weighted by atomic mass is 10.1. The van der Waals surface area contributed by atoms with Crippen LogP contribution < -0.4 is 10.1 Å². The first-order valence-corrected chi connectivity index (χ1v) is 7.99. The third kappa shape index (κ3) is 5.58. The highest BCUT2D eigenvalue weighted by molar-refractivity contribution is 6.30. The first kappa shape index (κ1) is 20.5. The minimum Gasteiger partial charge on any atom is -0.477 e. The fourth-order valence-corrected chi connectivity index (χ4v) is 2.35. The van der Waals surface area contributed by atoms with Gasteiger partial charge in [0.1, 0.15) is 0 Å². The number of nitrogens with one attached hydrogen (secondary N) is 1. The van der Waals surface area contributed by atoms with Gasteiger partial charge in [0.15, 0.2) is 12.4 Å². The van der Waals surface area contributed by atoms with Crippen LogP contribution in [0.4, 0.5) is 18.9 Å². The molecule has 0 radical (unpaired) electrons. The molecule has 0 spiro atoms. The van der Waals surface area contributed by atoms with Crippen molar-refractivity contribution in [1.82, 2.24) is 5.32 Å². The predicted molar refractivity (Wildman–Crippen MR) is 91.6 cm³/mol. The number of ether oxygens (including phenoxy) is 1. The summed E-state index contributed by atoms with van der Waals surface area (Å²) in [5.41, 5.74) is -1.28. The largest absolute Gasteiger partial charge is 0.477 e. The molecule has 2 aromatic carbocycles. The molecule has 0 aromatic heterocycles. The number of hydrogen-bond donors (Lipinski definition) is 1. The predicted octanol–water partition coefficient (Wildman–Crippen LogP) is 4.52. The van der Waals surface area contributed by atoms with Gasteiger partial charge in [0.25, 0.3) is 5.91 Å². The summed E-state index contributed by atoms with van der Waals surface area (Å²) in [4.78, 5) is 21.9. The van der Waals surface area contributed by atoms with E-state index in [1.807, 2.05) is 0 Å². The molecule has 2 rings (SSSR count). The average molecular weight is 403 g/mol. The van der Waals surface area contributed by atoms with Crippen molar-refractivity contribution in [1.29, 1.82) is 0 Å². The first-order valence-electron chi connectivity index (χ1n) is 7.61. The topological polar surface area (TPSA) is 81.5 Å². The maximum absolute atomic E-state index is 12.7. The van der Waals surface area contributed by atoms with Crippen molar-refractivity contribution in [3.63, 3.8) is 0 Å². The van der Waals surface area contributed by atoms with Gasteiger partial charge < -0.3 is 10.1 Å². The number of nitro benzene ring substituents is 1. The lowest BCUT2D eigenvalue weighted by molar-refractivity contribution is -0.386. The second-order valence-corrected chi connectivity index (χ2v) is 6.00. The number of carbonyl (C=O) groups excluding carboxylic acids is 1. The zero-order valence-electron chi connectivity index (χ0n) is 13.9. The van der Waals surface area contributed by atoms with Crippen molar-refractivity contribution < 1.29 is 27.6 Å². The fourth-order valence-electron chi connectivity index (χ4n) is 2.22. The number of hydrogen-bond acceptors (Lipinski definition) is 4. The van der Waals surface area contributed by atoms with E-state index in [9.17, 15) is 28.1 Å². The monoisotopic (exact) mass is 402 g/mol. The van der Waals surface area contributed by atoms with Crippen molar-refractivity contribution in [3.05, 3.63) is 68.7 Å². The van der Waals surface area contributed by atoms with Gasteiger partial charge in [0, 0.05) is 11.1 Å². The Morgan fingerprint density at radius 1 is 1.26 bits per heavy atom. The first-order chi connectivity index (χ1) is 12.6. The average Bonchev–Trinajstić information content (AvgIpc) is 2.59.